The van der Waals surface area contributed by atoms with Crippen molar-refractivity contribution in [1.82, 2.24) is 20.3 Å². The van der Waals surface area contributed by atoms with Crippen LogP contribution in [0.15, 0.2) is 72.7 Å². The number of nitrogens with one attached hydrogen (secondary N) is 1. The van der Waals surface area contributed by atoms with Crippen molar-refractivity contribution in [2.75, 3.05) is 0 Å². The molecule has 0 bridgehead atoms. The smallest absolute Gasteiger partial charge is 0.257 e. The molecular formula is C24H19FN4O. The molecule has 148 valence electrons. The van der Waals surface area contributed by atoms with Crippen LogP contribution in [0.5, 0.6) is 0 Å². The van der Waals surface area contributed by atoms with Crippen LogP contribution in [0.1, 0.15) is 40.5 Å². The van der Waals surface area contributed by atoms with Crippen LogP contribution in [0, 0.1) is 5.92 Å². The molecule has 2 aromatic heterocycles. The summed E-state index contributed by atoms with van der Waals surface area (Å²) in [5.41, 5.74) is 5.75. The Morgan fingerprint density at radius 1 is 1.17 bits per heavy atom. The predicted octanol–water partition coefficient (Wildman–Crippen LogP) is 4.52. The first kappa shape index (κ1) is 18.4. The molecule has 1 amide bonds. The molecule has 1 N–H and O–H groups in total. The normalized spacial score (nSPS) is 17.8. The zero-order chi connectivity index (χ0) is 20.7. The third kappa shape index (κ3) is 3.30. The minimum Gasteiger partial charge on any atom is -0.322 e. The topological polar surface area (TPSA) is 67.8 Å². The van der Waals surface area contributed by atoms with E-state index in [0.29, 0.717) is 24.1 Å². The highest BCUT2D eigenvalue weighted by atomic mass is 19.1. The second-order valence-electron chi connectivity index (χ2n) is 7.62. The number of amides is 1. The number of carbonyl (C=O) groups is 1. The summed E-state index contributed by atoms with van der Waals surface area (Å²) >= 11 is 0. The van der Waals surface area contributed by atoms with Gasteiger partial charge in [-0.2, -0.15) is 0 Å². The Balaban J connectivity index is 1.43. The van der Waals surface area contributed by atoms with E-state index in [9.17, 15) is 9.18 Å². The van der Waals surface area contributed by atoms with Crippen molar-refractivity contribution in [3.8, 4) is 0 Å². The molecule has 1 atom stereocenters. The minimum absolute atomic E-state index is 0.146. The maximum absolute atomic E-state index is 13.9. The number of benzene rings is 1. The molecule has 3 aromatic rings. The van der Waals surface area contributed by atoms with E-state index >= 15 is 0 Å². The molecular weight excluding hydrogens is 379 g/mol. The predicted molar refractivity (Wildman–Crippen MR) is 113 cm³/mol. The Hall–Kier alpha value is -3.67. The lowest BCUT2D eigenvalue weighted by Gasteiger charge is -2.15. The summed E-state index contributed by atoms with van der Waals surface area (Å²) in [5, 5.41) is 3.74. The highest BCUT2D eigenvalue weighted by Crippen LogP contribution is 2.33. The monoisotopic (exact) mass is 398 g/mol. The fraction of sp³-hybridized carbons (Fsp3) is 0.167. The van der Waals surface area contributed by atoms with Crippen molar-refractivity contribution in [1.29, 1.82) is 0 Å². The third-order valence-corrected chi connectivity index (χ3v) is 5.55. The summed E-state index contributed by atoms with van der Waals surface area (Å²) in [7, 11) is 0. The SMILES string of the molecule is CC1CC=C(NC(=O)c2cnc3c(c2)C(c2ccc4ncncc4c2)=CC3)C=C1F. The van der Waals surface area contributed by atoms with Gasteiger partial charge >= 0.3 is 0 Å². The Labute approximate surface area is 173 Å². The van der Waals surface area contributed by atoms with Crippen LogP contribution in [-0.2, 0) is 6.42 Å². The summed E-state index contributed by atoms with van der Waals surface area (Å²) in [4.78, 5) is 25.6. The van der Waals surface area contributed by atoms with Crippen molar-refractivity contribution in [3.63, 3.8) is 0 Å². The number of hydrogen-bond donors (Lipinski definition) is 1. The van der Waals surface area contributed by atoms with E-state index in [1.165, 1.54) is 12.4 Å². The van der Waals surface area contributed by atoms with Crippen molar-refractivity contribution in [2.45, 2.75) is 19.8 Å². The maximum atomic E-state index is 13.9. The molecule has 0 saturated heterocycles. The van der Waals surface area contributed by atoms with E-state index in [-0.39, 0.29) is 17.7 Å². The zero-order valence-electron chi connectivity index (χ0n) is 16.4. The molecule has 0 spiro atoms. The summed E-state index contributed by atoms with van der Waals surface area (Å²) < 4.78 is 13.9. The van der Waals surface area contributed by atoms with Gasteiger partial charge in [-0.15, -0.1) is 0 Å². The summed E-state index contributed by atoms with van der Waals surface area (Å²) in [6, 6.07) is 7.88. The minimum atomic E-state index is -0.298. The summed E-state index contributed by atoms with van der Waals surface area (Å²) in [6.07, 6.45) is 11.5. The van der Waals surface area contributed by atoms with Crippen LogP contribution >= 0.6 is 0 Å². The van der Waals surface area contributed by atoms with Crippen LogP contribution in [0.3, 0.4) is 0 Å². The highest BCUT2D eigenvalue weighted by Gasteiger charge is 2.21. The molecule has 5 rings (SSSR count). The maximum Gasteiger partial charge on any atom is 0.257 e. The van der Waals surface area contributed by atoms with Crippen molar-refractivity contribution >= 4 is 22.4 Å². The molecule has 2 aliphatic carbocycles. The van der Waals surface area contributed by atoms with Crippen molar-refractivity contribution in [3.05, 3.63) is 95.1 Å². The van der Waals surface area contributed by atoms with Gasteiger partial charge in [-0.05, 0) is 41.8 Å². The first-order chi connectivity index (χ1) is 14.6. The molecule has 0 saturated carbocycles. The van der Waals surface area contributed by atoms with E-state index in [1.54, 1.807) is 12.4 Å². The second kappa shape index (κ2) is 7.30. The van der Waals surface area contributed by atoms with Gasteiger partial charge in [0.15, 0.2) is 0 Å². The number of nitrogens with zero attached hydrogens (tertiary/aromatic N) is 3. The number of carbonyl (C=O) groups excluding carboxylic acids is 1. The quantitative estimate of drug-likeness (QED) is 0.704. The van der Waals surface area contributed by atoms with Crippen LogP contribution in [-0.4, -0.2) is 20.9 Å². The molecule has 6 heteroatoms. The van der Waals surface area contributed by atoms with E-state index in [2.05, 4.69) is 26.3 Å². The number of allylic oxidation sites excluding steroid dienone is 4. The number of pyridine rings is 1. The molecule has 2 heterocycles. The third-order valence-electron chi connectivity index (χ3n) is 5.55. The number of halogens is 1. The molecule has 0 aliphatic heterocycles. The first-order valence-corrected chi connectivity index (χ1v) is 9.86. The van der Waals surface area contributed by atoms with Gasteiger partial charge in [-0.1, -0.05) is 25.1 Å². The van der Waals surface area contributed by atoms with E-state index < -0.39 is 0 Å². The molecule has 30 heavy (non-hydrogen) atoms. The van der Waals surface area contributed by atoms with Gasteiger partial charge in [0.2, 0.25) is 0 Å². The molecule has 1 aromatic carbocycles. The standard InChI is InChI=1S/C24H19FN4O/c1-14-2-4-18(10-21(14)25)29-24(30)17-9-20-19(5-7-23(20)27-12-17)15-3-6-22-16(8-15)11-26-13-28-22/h3-6,8-14H,2,7H2,1H3,(H,29,30). The van der Waals surface area contributed by atoms with Crippen molar-refractivity contribution in [2.24, 2.45) is 5.92 Å². The Morgan fingerprint density at radius 3 is 2.93 bits per heavy atom. The summed E-state index contributed by atoms with van der Waals surface area (Å²) in [6.45, 7) is 1.82. The Morgan fingerprint density at radius 2 is 2.07 bits per heavy atom. The van der Waals surface area contributed by atoms with Crippen LogP contribution in [0.4, 0.5) is 4.39 Å². The molecule has 2 aliphatic rings. The second-order valence-corrected chi connectivity index (χ2v) is 7.62. The van der Waals surface area contributed by atoms with E-state index in [1.807, 2.05) is 37.3 Å². The molecule has 0 radical (unpaired) electrons. The van der Waals surface area contributed by atoms with Crippen molar-refractivity contribution < 1.29 is 9.18 Å². The molecule has 1 unspecified atom stereocenters. The molecule has 0 fully saturated rings. The average Bonchev–Trinajstić information content (AvgIpc) is 3.19. The lowest BCUT2D eigenvalue weighted by molar-refractivity contribution is 0.0966. The van der Waals surface area contributed by atoms with Crippen LogP contribution in [0.25, 0.3) is 16.5 Å². The van der Waals surface area contributed by atoms with E-state index in [4.69, 9.17) is 0 Å². The van der Waals surface area contributed by atoms with E-state index in [0.717, 1.165) is 33.3 Å². The highest BCUT2D eigenvalue weighted by molar-refractivity contribution is 5.97. The first-order valence-electron chi connectivity index (χ1n) is 9.86. The fourth-order valence-electron chi connectivity index (χ4n) is 3.80. The lowest BCUT2D eigenvalue weighted by Crippen LogP contribution is -2.24. The number of fused-ring (bicyclic) bond motifs is 2. The number of rotatable bonds is 3. The van der Waals surface area contributed by atoms with Gasteiger partial charge in [0.25, 0.3) is 5.91 Å². The zero-order valence-corrected chi connectivity index (χ0v) is 16.4. The van der Waals surface area contributed by atoms with Gasteiger partial charge < -0.3 is 5.32 Å². The number of hydrogen-bond acceptors (Lipinski definition) is 4. The van der Waals surface area contributed by atoms with Gasteiger partial charge in [-0.25, -0.2) is 14.4 Å². The largest absolute Gasteiger partial charge is 0.322 e. The average molecular weight is 398 g/mol. The Bertz CT molecular complexity index is 1280. The Kier molecular flexibility index (Phi) is 4.47. The van der Waals surface area contributed by atoms with Crippen LogP contribution in [0.2, 0.25) is 0 Å². The summed E-state index contributed by atoms with van der Waals surface area (Å²) in [5.74, 6) is -0.661. The lowest BCUT2D eigenvalue weighted by atomic mass is 9.98. The van der Waals surface area contributed by atoms with Gasteiger partial charge in [0.05, 0.1) is 16.8 Å². The van der Waals surface area contributed by atoms with Gasteiger partial charge in [0.1, 0.15) is 12.2 Å². The number of aromatic nitrogens is 3. The molecule has 5 nitrogen and oxygen atoms in total. The van der Waals surface area contributed by atoms with Gasteiger partial charge in [0, 0.05) is 41.4 Å². The van der Waals surface area contributed by atoms with Crippen LogP contribution < -0.4 is 5.32 Å². The fourth-order valence-corrected chi connectivity index (χ4v) is 3.80. The van der Waals surface area contributed by atoms with Gasteiger partial charge in [-0.3, -0.25) is 9.78 Å².